The lowest BCUT2D eigenvalue weighted by Gasteiger charge is -2.14. The number of rotatable bonds is 2. The molecule has 10 heteroatoms. The zero-order chi connectivity index (χ0) is 18.2. The summed E-state index contributed by atoms with van der Waals surface area (Å²) in [5.41, 5.74) is -0.389. The van der Waals surface area contributed by atoms with Crippen molar-refractivity contribution in [2.45, 2.75) is 12.8 Å². The van der Waals surface area contributed by atoms with Crippen LogP contribution in [0.1, 0.15) is 11.1 Å². The number of anilines is 2. The minimum Gasteiger partial charge on any atom is -0.423 e. The quantitative estimate of drug-likeness (QED) is 0.574. The molecule has 2 aromatic rings. The molecule has 3 rings (SSSR count). The summed E-state index contributed by atoms with van der Waals surface area (Å²) in [5, 5.41) is 14.0. The lowest BCUT2D eigenvalue weighted by molar-refractivity contribution is -0.137. The van der Waals surface area contributed by atoms with Crippen LogP contribution in [0.25, 0.3) is 0 Å². The summed E-state index contributed by atoms with van der Waals surface area (Å²) in [7, 11) is -1.12. The van der Waals surface area contributed by atoms with Gasteiger partial charge >= 0.3 is 19.3 Å². The van der Waals surface area contributed by atoms with Gasteiger partial charge in [0.1, 0.15) is 5.82 Å². The van der Waals surface area contributed by atoms with Crippen LogP contribution in [-0.2, 0) is 17.4 Å². The zero-order valence-electron chi connectivity index (χ0n) is 12.5. The molecule has 1 aliphatic heterocycles. The van der Waals surface area contributed by atoms with E-state index in [0.717, 1.165) is 17.7 Å². The van der Waals surface area contributed by atoms with E-state index in [1.807, 2.05) is 5.32 Å². The average molecular weight is 354 g/mol. The Labute approximate surface area is 139 Å². The van der Waals surface area contributed by atoms with E-state index in [-0.39, 0.29) is 12.3 Å². The van der Waals surface area contributed by atoms with Gasteiger partial charge in [-0.05, 0) is 41.4 Å². The van der Waals surface area contributed by atoms with Crippen LogP contribution < -0.4 is 16.1 Å². The third-order valence-electron chi connectivity index (χ3n) is 3.60. The van der Waals surface area contributed by atoms with E-state index in [1.54, 1.807) is 6.07 Å². The van der Waals surface area contributed by atoms with Crippen molar-refractivity contribution in [3.8, 4) is 0 Å². The van der Waals surface area contributed by atoms with Crippen LogP contribution in [0.5, 0.6) is 0 Å². The normalized spacial score (nSPS) is 13.6. The third-order valence-corrected chi connectivity index (χ3v) is 3.60. The molecule has 0 atom stereocenters. The Morgan fingerprint density at radius 3 is 2.64 bits per heavy atom. The number of urea groups is 1. The monoisotopic (exact) mass is 354 g/mol. The number of hydrogen-bond acceptors (Lipinski definition) is 3. The van der Waals surface area contributed by atoms with Crippen molar-refractivity contribution in [1.29, 1.82) is 0 Å². The molecule has 2 aromatic carbocycles. The van der Waals surface area contributed by atoms with E-state index in [2.05, 4.69) is 5.32 Å². The fraction of sp³-hybridized carbons (Fsp3) is 0.133. The van der Waals surface area contributed by atoms with Gasteiger partial charge < -0.3 is 20.3 Å². The second-order valence-corrected chi connectivity index (χ2v) is 5.34. The highest BCUT2D eigenvalue weighted by molar-refractivity contribution is 6.61. The fourth-order valence-electron chi connectivity index (χ4n) is 2.44. The minimum atomic E-state index is -4.82. The van der Waals surface area contributed by atoms with Crippen molar-refractivity contribution < 1.29 is 32.0 Å². The summed E-state index contributed by atoms with van der Waals surface area (Å²) >= 11 is 0. The van der Waals surface area contributed by atoms with Gasteiger partial charge in [-0.15, -0.1) is 0 Å². The fourth-order valence-corrected chi connectivity index (χ4v) is 2.44. The van der Waals surface area contributed by atoms with Gasteiger partial charge in [-0.25, -0.2) is 9.18 Å². The molecule has 2 amide bonds. The molecule has 0 saturated carbocycles. The van der Waals surface area contributed by atoms with Crippen molar-refractivity contribution in [1.82, 2.24) is 0 Å². The lowest BCUT2D eigenvalue weighted by atomic mass is 9.79. The predicted molar refractivity (Wildman–Crippen MR) is 82.9 cm³/mol. The summed E-state index contributed by atoms with van der Waals surface area (Å²) in [6, 6.07) is 5.62. The van der Waals surface area contributed by atoms with E-state index in [9.17, 15) is 27.4 Å². The second kappa shape index (κ2) is 6.38. The minimum absolute atomic E-state index is 0.230. The number of halogens is 4. The molecule has 0 fully saturated rings. The van der Waals surface area contributed by atoms with Crippen molar-refractivity contribution in [3.63, 3.8) is 0 Å². The molecular formula is C15H11BF4N2O3. The summed E-state index contributed by atoms with van der Waals surface area (Å²) in [6.07, 6.45) is -4.82. The smallest absolute Gasteiger partial charge is 0.423 e. The molecular weight excluding hydrogens is 343 g/mol. The molecule has 0 aromatic heterocycles. The molecule has 0 aliphatic carbocycles. The number of carbonyl (C=O) groups is 1. The van der Waals surface area contributed by atoms with Crippen LogP contribution in [0, 0.1) is 5.82 Å². The summed E-state index contributed by atoms with van der Waals surface area (Å²) in [4.78, 5) is 12.0. The van der Waals surface area contributed by atoms with E-state index < -0.39 is 36.4 Å². The maximum Gasteiger partial charge on any atom is 0.491 e. The Bertz CT molecular complexity index is 829. The average Bonchev–Trinajstić information content (AvgIpc) is 2.89. The number of nitrogens with one attached hydrogen (secondary N) is 2. The maximum atomic E-state index is 13.1. The number of hydrogen-bond donors (Lipinski definition) is 3. The number of benzene rings is 2. The number of carbonyl (C=O) groups excluding carboxylic acids is 1. The van der Waals surface area contributed by atoms with Gasteiger partial charge in [0.15, 0.2) is 0 Å². The van der Waals surface area contributed by atoms with E-state index in [1.165, 1.54) is 12.1 Å². The highest BCUT2D eigenvalue weighted by Crippen LogP contribution is 2.35. The second-order valence-electron chi connectivity index (χ2n) is 5.34. The Morgan fingerprint density at radius 1 is 1.16 bits per heavy atom. The standard InChI is InChI=1S/C15H11BF4N2O3/c17-9-2-4-13(11(5-9)15(18,19)20)22-14(23)21-10-3-1-8-7-25-16(24)12(8)6-10/h1-6,24H,7H2,(H2,21,22,23). The van der Waals surface area contributed by atoms with Crippen LogP contribution in [0.4, 0.5) is 33.7 Å². The van der Waals surface area contributed by atoms with E-state index in [0.29, 0.717) is 11.5 Å². The molecule has 25 heavy (non-hydrogen) atoms. The van der Waals surface area contributed by atoms with Gasteiger partial charge in [0.05, 0.1) is 17.9 Å². The summed E-state index contributed by atoms with van der Waals surface area (Å²) < 4.78 is 56.8. The number of fused-ring (bicyclic) bond motifs is 1. The molecule has 0 saturated heterocycles. The van der Waals surface area contributed by atoms with Gasteiger partial charge in [-0.1, -0.05) is 6.07 Å². The highest BCUT2D eigenvalue weighted by atomic mass is 19.4. The highest BCUT2D eigenvalue weighted by Gasteiger charge is 2.34. The summed E-state index contributed by atoms with van der Waals surface area (Å²) in [6.45, 7) is 0.230. The van der Waals surface area contributed by atoms with Gasteiger partial charge in [0.2, 0.25) is 0 Å². The first-order valence-electron chi connectivity index (χ1n) is 7.11. The van der Waals surface area contributed by atoms with Gasteiger partial charge in [0.25, 0.3) is 0 Å². The zero-order valence-corrected chi connectivity index (χ0v) is 12.5. The Kier molecular flexibility index (Phi) is 4.40. The molecule has 130 valence electrons. The van der Waals surface area contributed by atoms with Crippen LogP contribution in [0.3, 0.4) is 0 Å². The first-order chi connectivity index (χ1) is 11.7. The number of alkyl halides is 3. The molecule has 0 bridgehead atoms. The van der Waals surface area contributed by atoms with Gasteiger partial charge in [0, 0.05) is 5.69 Å². The molecule has 5 nitrogen and oxygen atoms in total. The third kappa shape index (κ3) is 3.75. The molecule has 3 N–H and O–H groups in total. The van der Waals surface area contributed by atoms with Crippen LogP contribution >= 0.6 is 0 Å². The molecule has 0 unspecified atom stereocenters. The van der Waals surface area contributed by atoms with Crippen molar-refractivity contribution in [3.05, 3.63) is 53.3 Å². The lowest BCUT2D eigenvalue weighted by Crippen LogP contribution is -2.29. The summed E-state index contributed by atoms with van der Waals surface area (Å²) in [5.74, 6) is -1.06. The molecule has 1 heterocycles. The molecule has 0 radical (unpaired) electrons. The van der Waals surface area contributed by atoms with Crippen molar-refractivity contribution in [2.24, 2.45) is 0 Å². The van der Waals surface area contributed by atoms with Crippen molar-refractivity contribution >= 4 is 30.0 Å². The van der Waals surface area contributed by atoms with Crippen LogP contribution in [0.15, 0.2) is 36.4 Å². The largest absolute Gasteiger partial charge is 0.491 e. The van der Waals surface area contributed by atoms with E-state index in [4.69, 9.17) is 4.65 Å². The first kappa shape index (κ1) is 17.2. The molecule has 1 aliphatic rings. The van der Waals surface area contributed by atoms with Gasteiger partial charge in [-0.2, -0.15) is 13.2 Å². The van der Waals surface area contributed by atoms with Gasteiger partial charge in [-0.3, -0.25) is 0 Å². The Hall–Kier alpha value is -2.59. The van der Waals surface area contributed by atoms with Crippen LogP contribution in [-0.4, -0.2) is 18.2 Å². The Morgan fingerprint density at radius 2 is 1.92 bits per heavy atom. The number of amides is 2. The first-order valence-corrected chi connectivity index (χ1v) is 7.11. The van der Waals surface area contributed by atoms with E-state index >= 15 is 0 Å². The van der Waals surface area contributed by atoms with Crippen LogP contribution in [0.2, 0.25) is 0 Å². The molecule has 0 spiro atoms. The predicted octanol–water partition coefficient (Wildman–Crippen LogP) is 2.71. The maximum absolute atomic E-state index is 13.1. The topological polar surface area (TPSA) is 70.6 Å². The van der Waals surface area contributed by atoms with Crippen molar-refractivity contribution in [2.75, 3.05) is 10.6 Å². The Balaban J connectivity index is 1.77. The SMILES string of the molecule is O=C(Nc1ccc2c(c1)B(O)OC2)Nc1ccc(F)cc1C(F)(F)F.